The Labute approximate surface area is 134 Å². The van der Waals surface area contributed by atoms with Crippen LogP contribution < -0.4 is 14.8 Å². The molecule has 0 saturated heterocycles. The van der Waals surface area contributed by atoms with Crippen LogP contribution in [-0.4, -0.2) is 20.1 Å². The highest BCUT2D eigenvalue weighted by molar-refractivity contribution is 7.10. The first-order valence-electron chi connectivity index (χ1n) is 7.23. The van der Waals surface area contributed by atoms with E-state index in [1.165, 1.54) is 0 Å². The molecule has 3 rings (SSSR count). The lowest BCUT2D eigenvalue weighted by Crippen LogP contribution is -2.35. The summed E-state index contributed by atoms with van der Waals surface area (Å²) in [6, 6.07) is 9.80. The molecule has 1 fully saturated rings. The fourth-order valence-electron chi connectivity index (χ4n) is 2.63. The molecule has 1 aliphatic carbocycles. The van der Waals surface area contributed by atoms with Crippen molar-refractivity contribution in [3.63, 3.8) is 0 Å². The first-order valence-corrected chi connectivity index (χ1v) is 8.11. The SMILES string of the molecule is COc1ccc(C2(NC(=O)Cc3cccs3)CC2)cc1OC. The molecule has 2 aromatic rings. The third-order valence-corrected chi connectivity index (χ3v) is 4.86. The van der Waals surface area contributed by atoms with Crippen molar-refractivity contribution in [1.29, 1.82) is 0 Å². The van der Waals surface area contributed by atoms with Gasteiger partial charge in [-0.25, -0.2) is 0 Å². The normalized spacial score (nSPS) is 15.2. The lowest BCUT2D eigenvalue weighted by molar-refractivity contribution is -0.121. The number of benzene rings is 1. The van der Waals surface area contributed by atoms with Gasteiger partial charge in [0.2, 0.25) is 5.91 Å². The van der Waals surface area contributed by atoms with Crippen LogP contribution in [0, 0.1) is 0 Å². The Kier molecular flexibility index (Phi) is 4.07. The van der Waals surface area contributed by atoms with Gasteiger partial charge in [-0.2, -0.15) is 0 Å². The second-order valence-corrected chi connectivity index (χ2v) is 6.49. The predicted octanol–water partition coefficient (Wildman–Crippen LogP) is 3.11. The zero-order valence-corrected chi connectivity index (χ0v) is 13.5. The van der Waals surface area contributed by atoms with Crippen molar-refractivity contribution in [3.05, 3.63) is 46.2 Å². The van der Waals surface area contributed by atoms with Crippen LogP contribution in [0.15, 0.2) is 35.7 Å². The summed E-state index contributed by atoms with van der Waals surface area (Å²) < 4.78 is 10.6. The molecule has 0 atom stereocenters. The second kappa shape index (κ2) is 6.01. The molecule has 22 heavy (non-hydrogen) atoms. The van der Waals surface area contributed by atoms with Crippen molar-refractivity contribution in [2.75, 3.05) is 14.2 Å². The van der Waals surface area contributed by atoms with Gasteiger partial charge in [0.25, 0.3) is 0 Å². The molecule has 1 saturated carbocycles. The van der Waals surface area contributed by atoms with Crippen molar-refractivity contribution in [3.8, 4) is 11.5 Å². The molecule has 1 amide bonds. The Morgan fingerprint density at radius 2 is 2.00 bits per heavy atom. The summed E-state index contributed by atoms with van der Waals surface area (Å²) in [6.07, 6.45) is 2.35. The van der Waals surface area contributed by atoms with Gasteiger partial charge in [0.1, 0.15) is 0 Å². The number of amides is 1. The maximum absolute atomic E-state index is 12.3. The topological polar surface area (TPSA) is 47.6 Å². The van der Waals surface area contributed by atoms with Gasteiger partial charge in [-0.15, -0.1) is 11.3 Å². The van der Waals surface area contributed by atoms with Crippen molar-refractivity contribution in [2.45, 2.75) is 24.8 Å². The van der Waals surface area contributed by atoms with Crippen molar-refractivity contribution >= 4 is 17.2 Å². The third kappa shape index (κ3) is 2.95. The van der Waals surface area contributed by atoms with Gasteiger partial charge in [-0.3, -0.25) is 4.79 Å². The third-order valence-electron chi connectivity index (χ3n) is 3.98. The second-order valence-electron chi connectivity index (χ2n) is 5.46. The van der Waals surface area contributed by atoms with E-state index in [1.807, 2.05) is 35.7 Å². The van der Waals surface area contributed by atoms with Gasteiger partial charge < -0.3 is 14.8 Å². The minimum atomic E-state index is -0.242. The highest BCUT2D eigenvalue weighted by Gasteiger charge is 2.45. The zero-order valence-electron chi connectivity index (χ0n) is 12.7. The number of hydrogen-bond acceptors (Lipinski definition) is 4. The minimum Gasteiger partial charge on any atom is -0.493 e. The molecule has 1 N–H and O–H groups in total. The molecule has 4 nitrogen and oxygen atoms in total. The molecule has 0 unspecified atom stereocenters. The molecule has 1 aliphatic rings. The summed E-state index contributed by atoms with van der Waals surface area (Å²) in [5.74, 6) is 1.46. The standard InChI is InChI=1S/C17H19NO3S/c1-20-14-6-5-12(10-15(14)21-2)17(7-8-17)18-16(19)11-13-4-3-9-22-13/h3-6,9-10H,7-8,11H2,1-2H3,(H,18,19). The molecular formula is C17H19NO3S. The largest absolute Gasteiger partial charge is 0.493 e. The molecule has 5 heteroatoms. The van der Waals surface area contributed by atoms with Gasteiger partial charge in [0, 0.05) is 4.88 Å². The van der Waals surface area contributed by atoms with E-state index < -0.39 is 0 Å². The summed E-state index contributed by atoms with van der Waals surface area (Å²) in [5, 5.41) is 5.17. The van der Waals surface area contributed by atoms with Crippen LogP contribution in [0.5, 0.6) is 11.5 Å². The monoisotopic (exact) mass is 317 g/mol. The van der Waals surface area contributed by atoms with Crippen molar-refractivity contribution in [2.24, 2.45) is 0 Å². The van der Waals surface area contributed by atoms with Crippen LogP contribution in [0.3, 0.4) is 0 Å². The van der Waals surface area contributed by atoms with E-state index in [-0.39, 0.29) is 11.4 Å². The van der Waals surface area contributed by atoms with Crippen LogP contribution in [0.1, 0.15) is 23.3 Å². The Morgan fingerprint density at radius 3 is 2.59 bits per heavy atom. The highest BCUT2D eigenvalue weighted by Crippen LogP contribution is 2.47. The number of hydrogen-bond donors (Lipinski definition) is 1. The predicted molar refractivity (Wildman–Crippen MR) is 86.6 cm³/mol. The van der Waals surface area contributed by atoms with Gasteiger partial charge >= 0.3 is 0 Å². The van der Waals surface area contributed by atoms with E-state index in [9.17, 15) is 4.79 Å². The fraction of sp³-hybridized carbons (Fsp3) is 0.353. The summed E-state index contributed by atoms with van der Waals surface area (Å²) >= 11 is 1.61. The average molecular weight is 317 g/mol. The molecule has 116 valence electrons. The maximum Gasteiger partial charge on any atom is 0.225 e. The number of rotatable bonds is 6. The molecule has 1 heterocycles. The fourth-order valence-corrected chi connectivity index (χ4v) is 3.33. The van der Waals surface area contributed by atoms with Crippen LogP contribution in [-0.2, 0) is 16.8 Å². The van der Waals surface area contributed by atoms with Crippen LogP contribution >= 0.6 is 11.3 Å². The van der Waals surface area contributed by atoms with Crippen LogP contribution in [0.4, 0.5) is 0 Å². The quantitative estimate of drug-likeness (QED) is 0.890. The molecule has 0 aliphatic heterocycles. The van der Waals surface area contributed by atoms with E-state index in [4.69, 9.17) is 9.47 Å². The lowest BCUT2D eigenvalue weighted by atomic mass is 10.0. The number of carbonyl (C=O) groups is 1. The number of methoxy groups -OCH3 is 2. The Morgan fingerprint density at radius 1 is 1.23 bits per heavy atom. The van der Waals surface area contributed by atoms with Crippen LogP contribution in [0.25, 0.3) is 0 Å². The number of ether oxygens (including phenoxy) is 2. The minimum absolute atomic E-state index is 0.0646. The van der Waals surface area contributed by atoms with Crippen LogP contribution in [0.2, 0.25) is 0 Å². The molecular weight excluding hydrogens is 298 g/mol. The zero-order chi connectivity index (χ0) is 15.6. The van der Waals surface area contributed by atoms with Crippen molar-refractivity contribution < 1.29 is 14.3 Å². The summed E-state index contributed by atoms with van der Waals surface area (Å²) in [6.45, 7) is 0. The summed E-state index contributed by atoms with van der Waals surface area (Å²) in [5.41, 5.74) is 0.832. The molecule has 1 aromatic heterocycles. The average Bonchev–Trinajstić information content (AvgIpc) is 3.12. The number of carbonyl (C=O) groups excluding carboxylic acids is 1. The highest BCUT2D eigenvalue weighted by atomic mass is 32.1. The van der Waals surface area contributed by atoms with E-state index in [2.05, 4.69) is 5.32 Å². The van der Waals surface area contributed by atoms with Gasteiger partial charge in [0.05, 0.1) is 26.2 Å². The van der Waals surface area contributed by atoms with E-state index in [1.54, 1.807) is 25.6 Å². The Balaban J connectivity index is 1.74. The van der Waals surface area contributed by atoms with Gasteiger partial charge in [-0.05, 0) is 42.0 Å². The van der Waals surface area contributed by atoms with Gasteiger partial charge in [0.15, 0.2) is 11.5 Å². The summed E-state index contributed by atoms with van der Waals surface area (Å²) in [4.78, 5) is 13.3. The van der Waals surface area contributed by atoms with E-state index in [0.29, 0.717) is 17.9 Å². The molecule has 0 spiro atoms. The molecule has 1 aromatic carbocycles. The lowest BCUT2D eigenvalue weighted by Gasteiger charge is -2.19. The number of thiophene rings is 1. The Bertz CT molecular complexity index is 663. The smallest absolute Gasteiger partial charge is 0.225 e. The molecule has 0 radical (unpaired) electrons. The maximum atomic E-state index is 12.3. The molecule has 0 bridgehead atoms. The first-order chi connectivity index (χ1) is 10.7. The number of nitrogens with one attached hydrogen (secondary N) is 1. The summed E-state index contributed by atoms with van der Waals surface area (Å²) in [7, 11) is 3.24. The van der Waals surface area contributed by atoms with E-state index in [0.717, 1.165) is 23.3 Å². The van der Waals surface area contributed by atoms with E-state index >= 15 is 0 Å². The van der Waals surface area contributed by atoms with Crippen molar-refractivity contribution in [1.82, 2.24) is 5.32 Å². The first kappa shape index (κ1) is 14.9. The van der Waals surface area contributed by atoms with Gasteiger partial charge in [-0.1, -0.05) is 12.1 Å². The Hall–Kier alpha value is -2.01.